The molecule has 2 heterocycles. The second-order valence-corrected chi connectivity index (χ2v) is 5.34. The monoisotopic (exact) mass is 296 g/mol. The van der Waals surface area contributed by atoms with Crippen LogP contribution in [0, 0.1) is 0 Å². The summed E-state index contributed by atoms with van der Waals surface area (Å²) in [5.41, 5.74) is 0.271. The van der Waals surface area contributed by atoms with Crippen molar-refractivity contribution in [1.29, 1.82) is 0 Å². The van der Waals surface area contributed by atoms with E-state index >= 15 is 0 Å². The van der Waals surface area contributed by atoms with Crippen LogP contribution in [0.3, 0.4) is 0 Å². The van der Waals surface area contributed by atoms with Gasteiger partial charge in [-0.1, -0.05) is 12.1 Å². The molecule has 1 fully saturated rings. The van der Waals surface area contributed by atoms with Gasteiger partial charge in [0.05, 0.1) is 6.10 Å². The topological polar surface area (TPSA) is 90.6 Å². The number of aliphatic hydroxyl groups is 1. The van der Waals surface area contributed by atoms with Gasteiger partial charge in [-0.2, -0.15) is 0 Å². The smallest absolute Gasteiger partial charge is 0.273 e. The van der Waals surface area contributed by atoms with Gasteiger partial charge in [0.2, 0.25) is 0 Å². The van der Waals surface area contributed by atoms with Crippen LogP contribution < -0.4 is 10.6 Å². The van der Waals surface area contributed by atoms with Gasteiger partial charge in [-0.3, -0.25) is 9.69 Å². The first-order valence-electron chi connectivity index (χ1n) is 7.54. The first-order valence-corrected chi connectivity index (χ1v) is 7.54. The zero-order valence-electron chi connectivity index (χ0n) is 12.5. The highest BCUT2D eigenvalue weighted by Gasteiger charge is 2.17. The van der Waals surface area contributed by atoms with Crippen molar-refractivity contribution in [3.8, 4) is 0 Å². The summed E-state index contributed by atoms with van der Waals surface area (Å²) in [6, 6.07) is 1.65. The number of aliphatic hydroxyl groups excluding tert-OH is 1. The molecule has 0 bridgehead atoms. The van der Waals surface area contributed by atoms with E-state index in [1.54, 1.807) is 6.07 Å². The first kappa shape index (κ1) is 15.9. The molecule has 7 nitrogen and oxygen atoms in total. The number of piperazine rings is 1. The van der Waals surface area contributed by atoms with Crippen molar-refractivity contribution in [2.75, 3.05) is 39.3 Å². The van der Waals surface area contributed by atoms with Gasteiger partial charge in [-0.25, -0.2) is 0 Å². The third-order valence-electron chi connectivity index (χ3n) is 3.46. The Kier molecular flexibility index (Phi) is 6.16. The van der Waals surface area contributed by atoms with E-state index in [9.17, 15) is 9.90 Å². The van der Waals surface area contributed by atoms with Crippen LogP contribution in [0.15, 0.2) is 10.6 Å². The summed E-state index contributed by atoms with van der Waals surface area (Å²) in [6.07, 6.45) is 1.14. The molecule has 1 amide bonds. The molecule has 0 spiro atoms. The number of hydrogen-bond donors (Lipinski definition) is 3. The van der Waals surface area contributed by atoms with E-state index in [1.165, 1.54) is 0 Å². The molecule has 0 saturated carbocycles. The number of nitrogens with zero attached hydrogens (tertiary/aromatic N) is 2. The van der Waals surface area contributed by atoms with E-state index in [0.29, 0.717) is 12.3 Å². The van der Waals surface area contributed by atoms with Gasteiger partial charge in [-0.05, 0) is 6.42 Å². The highest BCUT2D eigenvalue weighted by Crippen LogP contribution is 2.06. The van der Waals surface area contributed by atoms with Gasteiger partial charge in [0, 0.05) is 51.8 Å². The van der Waals surface area contributed by atoms with Crippen molar-refractivity contribution in [1.82, 2.24) is 20.7 Å². The van der Waals surface area contributed by atoms with E-state index in [2.05, 4.69) is 20.7 Å². The van der Waals surface area contributed by atoms with Crippen molar-refractivity contribution >= 4 is 5.91 Å². The molecule has 0 aliphatic carbocycles. The van der Waals surface area contributed by atoms with Gasteiger partial charge in [0.1, 0.15) is 5.76 Å². The van der Waals surface area contributed by atoms with Crippen LogP contribution in [0.5, 0.6) is 0 Å². The summed E-state index contributed by atoms with van der Waals surface area (Å²) in [6.45, 7) is 6.56. The standard InChI is InChI=1S/C14H24N4O3/c1-2-3-12-8-13(17-21-12)14(20)16-9-11(19)10-18-6-4-15-5-7-18/h8,11,15,19H,2-7,9-10H2,1H3,(H,16,20)/t11-/m0/s1. The number of nitrogens with one attached hydrogen (secondary N) is 2. The fourth-order valence-corrected chi connectivity index (χ4v) is 2.34. The fourth-order valence-electron chi connectivity index (χ4n) is 2.34. The summed E-state index contributed by atoms with van der Waals surface area (Å²) < 4.78 is 5.07. The molecule has 0 aromatic carbocycles. The SMILES string of the molecule is CCCc1cc(C(=O)NC[C@H](O)CN2CCNCC2)no1. The van der Waals surface area contributed by atoms with Crippen LogP contribution in [0.2, 0.25) is 0 Å². The zero-order chi connectivity index (χ0) is 15.1. The third kappa shape index (κ3) is 5.11. The van der Waals surface area contributed by atoms with Gasteiger partial charge in [-0.15, -0.1) is 0 Å². The van der Waals surface area contributed by atoms with Gasteiger partial charge < -0.3 is 20.3 Å². The minimum atomic E-state index is -0.575. The maximum absolute atomic E-state index is 11.9. The van der Waals surface area contributed by atoms with Crippen molar-refractivity contribution in [2.24, 2.45) is 0 Å². The molecule has 21 heavy (non-hydrogen) atoms. The van der Waals surface area contributed by atoms with Crippen LogP contribution in [-0.2, 0) is 6.42 Å². The molecule has 7 heteroatoms. The van der Waals surface area contributed by atoms with Crippen molar-refractivity contribution < 1.29 is 14.4 Å². The Morgan fingerprint density at radius 3 is 3.05 bits per heavy atom. The molecule has 118 valence electrons. The normalized spacial score (nSPS) is 17.6. The molecule has 0 unspecified atom stereocenters. The van der Waals surface area contributed by atoms with Crippen LogP contribution in [0.25, 0.3) is 0 Å². The lowest BCUT2D eigenvalue weighted by Gasteiger charge is -2.29. The van der Waals surface area contributed by atoms with Crippen molar-refractivity contribution in [3.63, 3.8) is 0 Å². The fraction of sp³-hybridized carbons (Fsp3) is 0.714. The summed E-state index contributed by atoms with van der Waals surface area (Å²) >= 11 is 0. The lowest BCUT2D eigenvalue weighted by molar-refractivity contribution is 0.0835. The molecule has 1 aromatic heterocycles. The van der Waals surface area contributed by atoms with Crippen LogP contribution >= 0.6 is 0 Å². The highest BCUT2D eigenvalue weighted by atomic mass is 16.5. The maximum Gasteiger partial charge on any atom is 0.273 e. The predicted octanol–water partition coefficient (Wildman–Crippen LogP) is -0.377. The molecule has 3 N–H and O–H groups in total. The van der Waals surface area contributed by atoms with Gasteiger partial charge in [0.25, 0.3) is 5.91 Å². The first-order chi connectivity index (χ1) is 10.2. The summed E-state index contributed by atoms with van der Waals surface area (Å²) in [5.74, 6) is 0.407. The summed E-state index contributed by atoms with van der Waals surface area (Å²) in [5, 5.41) is 19.7. The average molecular weight is 296 g/mol. The van der Waals surface area contributed by atoms with E-state index < -0.39 is 6.10 Å². The number of amides is 1. The molecule has 1 aliphatic rings. The van der Waals surface area contributed by atoms with E-state index in [4.69, 9.17) is 4.52 Å². The second kappa shape index (κ2) is 8.11. The molecular formula is C14H24N4O3. The van der Waals surface area contributed by atoms with Crippen LogP contribution in [0.4, 0.5) is 0 Å². The van der Waals surface area contributed by atoms with E-state index in [0.717, 1.165) is 39.0 Å². The lowest BCUT2D eigenvalue weighted by atomic mass is 10.2. The Balaban J connectivity index is 1.71. The Labute approximate surface area is 124 Å². The molecule has 0 radical (unpaired) electrons. The second-order valence-electron chi connectivity index (χ2n) is 5.34. The van der Waals surface area contributed by atoms with Crippen LogP contribution in [-0.4, -0.2) is 66.4 Å². The third-order valence-corrected chi connectivity index (χ3v) is 3.46. The Morgan fingerprint density at radius 2 is 2.33 bits per heavy atom. The van der Waals surface area contributed by atoms with E-state index in [-0.39, 0.29) is 18.1 Å². The summed E-state index contributed by atoms with van der Waals surface area (Å²) in [7, 11) is 0. The Bertz CT molecular complexity index is 443. The van der Waals surface area contributed by atoms with Gasteiger partial charge >= 0.3 is 0 Å². The minimum absolute atomic E-state index is 0.221. The minimum Gasteiger partial charge on any atom is -0.390 e. The molecule has 1 saturated heterocycles. The largest absolute Gasteiger partial charge is 0.390 e. The summed E-state index contributed by atoms with van der Waals surface area (Å²) in [4.78, 5) is 14.1. The number of β-amino-alcohol motifs (C(OH)–C–C–N with tert-alkyl or cyclic N) is 1. The van der Waals surface area contributed by atoms with Crippen molar-refractivity contribution in [3.05, 3.63) is 17.5 Å². The van der Waals surface area contributed by atoms with E-state index in [1.807, 2.05) is 6.92 Å². The van der Waals surface area contributed by atoms with Crippen LogP contribution in [0.1, 0.15) is 29.6 Å². The number of hydrogen-bond acceptors (Lipinski definition) is 6. The number of rotatable bonds is 7. The highest BCUT2D eigenvalue weighted by molar-refractivity contribution is 5.92. The zero-order valence-corrected chi connectivity index (χ0v) is 12.5. The number of aryl methyl sites for hydroxylation is 1. The Morgan fingerprint density at radius 1 is 1.57 bits per heavy atom. The average Bonchev–Trinajstić information content (AvgIpc) is 2.95. The van der Waals surface area contributed by atoms with Gasteiger partial charge in [0.15, 0.2) is 5.69 Å². The Hall–Kier alpha value is -1.44. The predicted molar refractivity (Wildman–Crippen MR) is 78.1 cm³/mol. The number of aromatic nitrogens is 1. The lowest BCUT2D eigenvalue weighted by Crippen LogP contribution is -2.48. The number of carbonyl (C=O) groups is 1. The molecule has 1 aliphatic heterocycles. The quantitative estimate of drug-likeness (QED) is 0.635. The molecule has 1 atom stereocenters. The molecule has 2 rings (SSSR count). The molecular weight excluding hydrogens is 272 g/mol. The number of carbonyl (C=O) groups excluding carboxylic acids is 1. The molecule has 1 aromatic rings. The van der Waals surface area contributed by atoms with Crippen molar-refractivity contribution in [2.45, 2.75) is 25.9 Å². The maximum atomic E-state index is 11.9.